The molecule has 2 aromatic carbocycles. The second-order valence-corrected chi connectivity index (χ2v) is 5.79. The third-order valence-electron chi connectivity index (χ3n) is 3.71. The number of hydrogen-bond acceptors (Lipinski definition) is 5. The molecule has 0 unspecified atom stereocenters. The highest BCUT2D eigenvalue weighted by atomic mass is 32.1. The number of nitrogens with one attached hydrogen (secondary N) is 2. The summed E-state index contributed by atoms with van der Waals surface area (Å²) in [6.45, 7) is 2.72. The van der Waals surface area contributed by atoms with Gasteiger partial charge < -0.3 is 19.5 Å². The predicted molar refractivity (Wildman–Crippen MR) is 100 cm³/mol. The molecule has 1 heterocycles. The van der Waals surface area contributed by atoms with Crippen molar-refractivity contribution in [3.8, 4) is 17.2 Å². The summed E-state index contributed by atoms with van der Waals surface area (Å²) in [4.78, 5) is 0. The molecule has 2 N–H and O–H groups in total. The monoisotopic (exact) mass is 357 g/mol. The molecule has 2 aromatic rings. The molecule has 6 nitrogen and oxygen atoms in total. The highest BCUT2D eigenvalue weighted by molar-refractivity contribution is 7.80. The highest BCUT2D eigenvalue weighted by Crippen LogP contribution is 2.32. The summed E-state index contributed by atoms with van der Waals surface area (Å²) >= 11 is 5.27. The van der Waals surface area contributed by atoms with E-state index in [4.69, 9.17) is 26.4 Å². The normalized spacial score (nSPS) is 12.6. The SMILES string of the molecule is COc1ccccc1/C(C)=N\NC(=S)NCc1ccc2c(c1)OCO2. The Morgan fingerprint density at radius 3 is 2.84 bits per heavy atom. The van der Waals surface area contributed by atoms with Crippen molar-refractivity contribution in [3.05, 3.63) is 53.6 Å². The lowest BCUT2D eigenvalue weighted by Gasteiger charge is -2.10. The van der Waals surface area contributed by atoms with Gasteiger partial charge in [0.15, 0.2) is 16.6 Å². The predicted octanol–water partition coefficient (Wildman–Crippen LogP) is 2.81. The van der Waals surface area contributed by atoms with Crippen molar-refractivity contribution < 1.29 is 14.2 Å². The lowest BCUT2D eigenvalue weighted by molar-refractivity contribution is 0.174. The molecule has 130 valence electrons. The topological polar surface area (TPSA) is 64.1 Å². The lowest BCUT2D eigenvalue weighted by atomic mass is 10.1. The van der Waals surface area contributed by atoms with Gasteiger partial charge in [-0.1, -0.05) is 18.2 Å². The van der Waals surface area contributed by atoms with E-state index >= 15 is 0 Å². The number of thiocarbonyl (C=S) groups is 1. The van der Waals surface area contributed by atoms with E-state index in [1.807, 2.05) is 49.4 Å². The van der Waals surface area contributed by atoms with Crippen LogP contribution in [-0.2, 0) is 6.54 Å². The summed E-state index contributed by atoms with van der Waals surface area (Å²) in [5.74, 6) is 2.29. The van der Waals surface area contributed by atoms with Gasteiger partial charge in [0.2, 0.25) is 6.79 Å². The van der Waals surface area contributed by atoms with Crippen molar-refractivity contribution in [2.45, 2.75) is 13.5 Å². The van der Waals surface area contributed by atoms with Crippen molar-refractivity contribution >= 4 is 23.0 Å². The number of rotatable bonds is 5. The van der Waals surface area contributed by atoms with E-state index in [2.05, 4.69) is 15.8 Å². The summed E-state index contributed by atoms with van der Waals surface area (Å²) in [6.07, 6.45) is 0. The standard InChI is InChI=1S/C18H19N3O3S/c1-12(14-5-3-4-6-15(14)22-2)20-21-18(25)19-10-13-7-8-16-17(9-13)24-11-23-16/h3-9H,10-11H2,1-2H3,(H2,19,21,25)/b20-12-. The van der Waals surface area contributed by atoms with Crippen LogP contribution >= 0.6 is 12.2 Å². The summed E-state index contributed by atoms with van der Waals surface area (Å²) in [6, 6.07) is 13.5. The molecule has 3 rings (SSSR count). The van der Waals surface area contributed by atoms with Gasteiger partial charge in [0.1, 0.15) is 5.75 Å². The van der Waals surface area contributed by atoms with Crippen LogP contribution in [0.15, 0.2) is 47.6 Å². The van der Waals surface area contributed by atoms with Crippen LogP contribution in [0.25, 0.3) is 0 Å². The zero-order valence-electron chi connectivity index (χ0n) is 14.0. The van der Waals surface area contributed by atoms with Crippen molar-refractivity contribution in [1.82, 2.24) is 10.7 Å². The second-order valence-electron chi connectivity index (χ2n) is 5.38. The number of nitrogens with zero attached hydrogens (tertiary/aromatic N) is 1. The second kappa shape index (κ2) is 7.85. The van der Waals surface area contributed by atoms with Gasteiger partial charge in [-0.05, 0) is 49.0 Å². The molecule has 0 atom stereocenters. The Labute approximate surface area is 151 Å². The van der Waals surface area contributed by atoms with Gasteiger partial charge in [-0.15, -0.1) is 0 Å². The number of ether oxygens (including phenoxy) is 3. The first-order valence-corrected chi connectivity index (χ1v) is 8.18. The van der Waals surface area contributed by atoms with Crippen molar-refractivity contribution in [2.24, 2.45) is 5.10 Å². The molecule has 1 aliphatic heterocycles. The van der Waals surface area contributed by atoms with E-state index < -0.39 is 0 Å². The van der Waals surface area contributed by atoms with Gasteiger partial charge in [0.25, 0.3) is 0 Å². The minimum atomic E-state index is 0.267. The molecule has 0 bridgehead atoms. The maximum atomic E-state index is 5.36. The molecular weight excluding hydrogens is 338 g/mol. The Kier molecular flexibility index (Phi) is 5.35. The van der Waals surface area contributed by atoms with Gasteiger partial charge >= 0.3 is 0 Å². The van der Waals surface area contributed by atoms with Crippen LogP contribution < -0.4 is 25.0 Å². The minimum absolute atomic E-state index is 0.267. The van der Waals surface area contributed by atoms with Crippen molar-refractivity contribution in [1.29, 1.82) is 0 Å². The fraction of sp³-hybridized carbons (Fsp3) is 0.222. The van der Waals surface area contributed by atoms with Crippen LogP contribution in [-0.4, -0.2) is 24.7 Å². The van der Waals surface area contributed by atoms with E-state index in [1.165, 1.54) is 0 Å². The van der Waals surface area contributed by atoms with E-state index in [0.717, 1.165) is 34.1 Å². The summed E-state index contributed by atoms with van der Waals surface area (Å²) in [5, 5.41) is 7.86. The minimum Gasteiger partial charge on any atom is -0.496 e. The molecule has 25 heavy (non-hydrogen) atoms. The Morgan fingerprint density at radius 2 is 2.00 bits per heavy atom. The summed E-state index contributed by atoms with van der Waals surface area (Å²) < 4.78 is 16.0. The van der Waals surface area contributed by atoms with Crippen molar-refractivity contribution in [3.63, 3.8) is 0 Å². The Morgan fingerprint density at radius 1 is 1.20 bits per heavy atom. The molecule has 0 saturated heterocycles. The van der Waals surface area contributed by atoms with Crippen molar-refractivity contribution in [2.75, 3.05) is 13.9 Å². The molecule has 0 spiro atoms. The van der Waals surface area contributed by atoms with E-state index in [0.29, 0.717) is 11.7 Å². The number of hydrazone groups is 1. The fourth-order valence-corrected chi connectivity index (χ4v) is 2.53. The summed E-state index contributed by atoms with van der Waals surface area (Å²) in [5.41, 5.74) is 5.59. The van der Waals surface area contributed by atoms with Crippen LogP contribution in [0.2, 0.25) is 0 Å². The summed E-state index contributed by atoms with van der Waals surface area (Å²) in [7, 11) is 1.64. The van der Waals surface area contributed by atoms with E-state index in [-0.39, 0.29) is 6.79 Å². The van der Waals surface area contributed by atoms with Gasteiger partial charge in [-0.25, -0.2) is 0 Å². The Hall–Kier alpha value is -2.80. The Bertz CT molecular complexity index is 808. The Balaban J connectivity index is 1.55. The van der Waals surface area contributed by atoms with Crippen LogP contribution in [0, 0.1) is 0 Å². The zero-order chi connectivity index (χ0) is 17.6. The largest absolute Gasteiger partial charge is 0.496 e. The average molecular weight is 357 g/mol. The molecule has 0 saturated carbocycles. The van der Waals surface area contributed by atoms with Gasteiger partial charge in [-0.3, -0.25) is 5.43 Å². The number of benzene rings is 2. The lowest BCUT2D eigenvalue weighted by Crippen LogP contribution is -2.32. The van der Waals surface area contributed by atoms with Crippen LogP contribution in [0.5, 0.6) is 17.2 Å². The molecule has 7 heteroatoms. The third kappa shape index (κ3) is 4.19. The zero-order valence-corrected chi connectivity index (χ0v) is 14.9. The molecule has 0 aliphatic carbocycles. The maximum absolute atomic E-state index is 5.36. The number of hydrogen-bond donors (Lipinski definition) is 2. The first-order chi connectivity index (χ1) is 12.2. The van der Waals surface area contributed by atoms with Crippen LogP contribution in [0.4, 0.5) is 0 Å². The molecule has 1 aliphatic rings. The smallest absolute Gasteiger partial charge is 0.231 e. The van der Waals surface area contributed by atoms with Crippen LogP contribution in [0.3, 0.4) is 0 Å². The molecule has 0 radical (unpaired) electrons. The van der Waals surface area contributed by atoms with Gasteiger partial charge in [0.05, 0.1) is 12.8 Å². The first-order valence-electron chi connectivity index (χ1n) is 7.77. The number of fused-ring (bicyclic) bond motifs is 1. The molecule has 0 aromatic heterocycles. The average Bonchev–Trinajstić information content (AvgIpc) is 3.12. The fourth-order valence-electron chi connectivity index (χ4n) is 2.41. The van der Waals surface area contributed by atoms with Crippen LogP contribution in [0.1, 0.15) is 18.1 Å². The van der Waals surface area contributed by atoms with Gasteiger partial charge in [0, 0.05) is 12.1 Å². The first kappa shape index (κ1) is 17.0. The molecular formula is C18H19N3O3S. The number of methoxy groups -OCH3 is 1. The molecule has 0 fully saturated rings. The third-order valence-corrected chi connectivity index (χ3v) is 3.95. The van der Waals surface area contributed by atoms with E-state index in [1.54, 1.807) is 7.11 Å². The number of para-hydroxylation sites is 1. The quantitative estimate of drug-likeness (QED) is 0.487. The van der Waals surface area contributed by atoms with Gasteiger partial charge in [-0.2, -0.15) is 5.10 Å². The molecule has 0 amide bonds. The maximum Gasteiger partial charge on any atom is 0.231 e. The highest BCUT2D eigenvalue weighted by Gasteiger charge is 2.13. The van der Waals surface area contributed by atoms with E-state index in [9.17, 15) is 0 Å².